The van der Waals surface area contributed by atoms with E-state index >= 15 is 0 Å². The maximum Gasteiger partial charge on any atom is 0.251 e. The molecule has 0 rings (SSSR count). The van der Waals surface area contributed by atoms with Gasteiger partial charge in [0, 0.05) is 0 Å². The third-order valence-electron chi connectivity index (χ3n) is 3.89. The van der Waals surface area contributed by atoms with Gasteiger partial charge in [0.1, 0.15) is 0 Å². The summed E-state index contributed by atoms with van der Waals surface area (Å²) < 4.78 is -34.8. The molecule has 0 aliphatic carbocycles. The number of hydrogen-bond donors (Lipinski definition) is 1. The van der Waals surface area contributed by atoms with E-state index in [1.807, 2.05) is 0 Å². The second-order valence-electron chi connectivity index (χ2n) is 6.21. The summed E-state index contributed by atoms with van der Waals surface area (Å²) in [6.45, 7) is 0. The predicted octanol–water partition coefficient (Wildman–Crippen LogP) is 13.0. The molecule has 1 N–H and O–H groups in total. The lowest BCUT2D eigenvalue weighted by Gasteiger charge is -2.56. The molecule has 0 aliphatic heterocycles. The van der Waals surface area contributed by atoms with Crippen LogP contribution in [0.3, 0.4) is 0 Å². The molecule has 35 heavy (non-hydrogen) atoms. The van der Waals surface area contributed by atoms with Crippen molar-refractivity contribution < 1.29 is 5.11 Å². The number of hydrogen-bond acceptors (Lipinski definition) is 1. The van der Waals surface area contributed by atoms with E-state index in [0.717, 1.165) is 0 Å². The topological polar surface area (TPSA) is 20.2 Å². The van der Waals surface area contributed by atoms with E-state index in [-0.39, 0.29) is 0 Å². The van der Waals surface area contributed by atoms with Crippen LogP contribution in [0.1, 0.15) is 0 Å². The van der Waals surface area contributed by atoms with Gasteiger partial charge in [0.2, 0.25) is 12.5 Å². The van der Waals surface area contributed by atoms with Crippen LogP contribution in [0.4, 0.5) is 0 Å². The smallest absolute Gasteiger partial charge is 0.251 e. The number of rotatable bonds is 9. The lowest BCUT2D eigenvalue weighted by Crippen LogP contribution is -2.73. The zero-order valence-corrected chi connectivity index (χ0v) is 32.0. The first kappa shape index (κ1) is 41.6. The Bertz CT molecular complexity index is 716. The highest BCUT2D eigenvalue weighted by atomic mass is 35.6. The summed E-state index contributed by atoms with van der Waals surface area (Å²) in [7, 11) is 0. The van der Waals surface area contributed by atoms with Crippen molar-refractivity contribution in [1.29, 1.82) is 0 Å². The molecule has 0 atom stereocenters. The summed E-state index contributed by atoms with van der Waals surface area (Å²) in [6, 6.07) is 0. The van der Waals surface area contributed by atoms with Gasteiger partial charge in [0.25, 0.3) is 4.52 Å². The van der Waals surface area contributed by atoms with Crippen molar-refractivity contribution in [2.75, 3.05) is 0 Å². The van der Waals surface area contributed by atoms with Gasteiger partial charge in [-0.15, -0.1) is 0 Å². The Morgan fingerprint density at radius 3 is 0.514 bits per heavy atom. The van der Waals surface area contributed by atoms with Crippen LogP contribution in [0.25, 0.3) is 0 Å². The highest BCUT2D eigenvalue weighted by Crippen LogP contribution is 2.75. The number of aliphatic hydroxyl groups is 1. The van der Waals surface area contributed by atoms with Crippen molar-refractivity contribution in [3.63, 3.8) is 0 Å². The average molecular weight is 965 g/mol. The fraction of sp³-hybridized carbons (Fsp3) is 1.00. The monoisotopic (exact) mass is 953 g/mol. The second-order valence-corrected chi connectivity index (χ2v) is 21.7. The van der Waals surface area contributed by atoms with E-state index < -0.39 is 47.3 Å². The maximum absolute atomic E-state index is 9.91. The zero-order valence-electron chi connectivity index (χ0n) is 14.6. The Morgan fingerprint density at radius 2 is 0.371 bits per heavy atom. The quantitative estimate of drug-likeness (QED) is 0.228. The van der Waals surface area contributed by atoms with E-state index in [1.165, 1.54) is 0 Å². The van der Waals surface area contributed by atoms with Crippen LogP contribution >= 0.6 is 267 Å². The Labute approximate surface area is 314 Å². The fourth-order valence-corrected chi connectivity index (χ4v) is 8.82. The largest absolute Gasteiger partial charge is 0.360 e. The van der Waals surface area contributed by atoms with Crippen molar-refractivity contribution in [2.24, 2.45) is 0 Å². The molecule has 0 heterocycles. The van der Waals surface area contributed by atoms with E-state index in [1.54, 1.807) is 0 Å². The molecule has 0 saturated carbocycles. The van der Waals surface area contributed by atoms with Crippen molar-refractivity contribution in [3.8, 4) is 0 Å². The summed E-state index contributed by atoms with van der Waals surface area (Å²) in [5.74, 6) is 0. The van der Waals surface area contributed by atoms with Gasteiger partial charge >= 0.3 is 0 Å². The molecule has 1 nitrogen and oxygen atoms in total. The van der Waals surface area contributed by atoms with Gasteiger partial charge in [-0.25, -0.2) is 0 Å². The molecule has 0 bridgehead atoms. The highest BCUT2D eigenvalue weighted by molar-refractivity contribution is 6.84. The minimum absolute atomic E-state index is 2.73. The Kier molecular flexibility index (Phi) is 14.4. The summed E-state index contributed by atoms with van der Waals surface area (Å²) in [5.41, 5.74) is 0. The van der Waals surface area contributed by atoms with E-state index in [0.29, 0.717) is 0 Å². The van der Waals surface area contributed by atoms with Gasteiger partial charge in [0.15, 0.2) is 30.3 Å². The van der Waals surface area contributed by atoms with Gasteiger partial charge < -0.3 is 5.11 Å². The molecule has 0 fully saturated rings. The molecule has 0 aromatic heterocycles. The molecule has 0 aliphatic rings. The van der Waals surface area contributed by atoms with Crippen LogP contribution in [0.2, 0.25) is 0 Å². The zero-order chi connectivity index (χ0) is 29.5. The van der Waals surface area contributed by atoms with Gasteiger partial charge in [-0.2, -0.15) is 0 Å². The molecule has 0 unspecified atom stereocenters. The standard InChI is InChI=1S/C11HCl23O/c12-1(13,2(14,15)4(18,19)6(22,23)8(26,27)10(30,31)32)3(16,17)5(20,21)7(24,25)9(28,29)11(33,34)35/h35H. The van der Waals surface area contributed by atoms with Crippen LogP contribution in [0, 0.1) is 0 Å². The van der Waals surface area contributed by atoms with Crippen molar-refractivity contribution in [2.45, 2.75) is 47.3 Å². The summed E-state index contributed by atoms with van der Waals surface area (Å²) in [6.07, 6.45) is 0. The molecule has 0 radical (unpaired) electrons. The Morgan fingerprint density at radius 1 is 0.229 bits per heavy atom. The Hall–Kier alpha value is 6.63. The molecule has 0 spiro atoms. The van der Waals surface area contributed by atoms with E-state index in [4.69, 9.17) is 267 Å². The molecule has 0 aromatic carbocycles. The normalized spacial score (nSPS) is 17.1. The van der Waals surface area contributed by atoms with Gasteiger partial charge in [-0.05, 0) is 0 Å². The van der Waals surface area contributed by atoms with Crippen LogP contribution in [0.5, 0.6) is 0 Å². The Balaban J connectivity index is 7.15. The number of alkyl halides is 23. The lowest BCUT2D eigenvalue weighted by atomic mass is 10.00. The third kappa shape index (κ3) is 6.49. The van der Waals surface area contributed by atoms with E-state index in [2.05, 4.69) is 0 Å². The fourth-order valence-electron chi connectivity index (χ4n) is 1.75. The summed E-state index contributed by atoms with van der Waals surface area (Å²) in [4.78, 5) is 0. The predicted molar refractivity (Wildman–Crippen MR) is 167 cm³/mol. The molecule has 0 aromatic rings. The molecule has 0 amide bonds. The molecule has 0 saturated heterocycles. The minimum Gasteiger partial charge on any atom is -0.360 e. The molecular formula is C11HCl23O. The van der Waals surface area contributed by atoms with Gasteiger partial charge in [-0.3, -0.25) is 0 Å². The number of halogens is 23. The first-order valence-electron chi connectivity index (χ1n) is 7.07. The molecule has 24 heteroatoms. The van der Waals surface area contributed by atoms with Crippen molar-refractivity contribution in [1.82, 2.24) is 0 Å². The first-order valence-corrected chi connectivity index (χ1v) is 15.8. The second kappa shape index (κ2) is 12.1. The van der Waals surface area contributed by atoms with E-state index in [9.17, 15) is 5.11 Å². The summed E-state index contributed by atoms with van der Waals surface area (Å²) in [5, 5.41) is 9.91. The van der Waals surface area contributed by atoms with Crippen LogP contribution in [-0.4, -0.2) is 52.4 Å². The first-order chi connectivity index (χ1) is 14.5. The van der Waals surface area contributed by atoms with Crippen LogP contribution in [-0.2, 0) is 0 Å². The lowest BCUT2D eigenvalue weighted by molar-refractivity contribution is 0.181. The van der Waals surface area contributed by atoms with Gasteiger partial charge in [-0.1, -0.05) is 267 Å². The van der Waals surface area contributed by atoms with Gasteiger partial charge in [0.05, 0.1) is 0 Å². The van der Waals surface area contributed by atoms with Crippen LogP contribution in [0.15, 0.2) is 0 Å². The summed E-state index contributed by atoms with van der Waals surface area (Å²) >= 11 is 139. The third-order valence-corrected chi connectivity index (χ3v) is 19.6. The average Bonchev–Trinajstić information content (AvgIpc) is 2.58. The SMILES string of the molecule is OC(Cl)(Cl)C(Cl)(Cl)C(Cl)(Cl)C(Cl)(Cl)C(Cl)(Cl)C(Cl)(Cl)C(Cl)(Cl)C(Cl)(Cl)C(Cl)(Cl)C(Cl)(Cl)C(Cl)(Cl)Cl. The van der Waals surface area contributed by atoms with Crippen LogP contribution < -0.4 is 0 Å². The minimum atomic E-state index is -3.33. The van der Waals surface area contributed by atoms with Crippen molar-refractivity contribution in [3.05, 3.63) is 0 Å². The van der Waals surface area contributed by atoms with Crippen molar-refractivity contribution >= 4 is 267 Å². The maximum atomic E-state index is 9.91. The highest BCUT2D eigenvalue weighted by Gasteiger charge is 2.84. The molecular weight excluding hydrogens is 964 g/mol. The molecule has 212 valence electrons.